The van der Waals surface area contributed by atoms with Crippen molar-refractivity contribution >= 4 is 29.0 Å². The molecule has 112 valence electrons. The first-order valence-corrected chi connectivity index (χ1v) is 8.09. The predicted molar refractivity (Wildman–Crippen MR) is 88.8 cm³/mol. The van der Waals surface area contributed by atoms with Gasteiger partial charge in [0, 0.05) is 33.2 Å². The highest BCUT2D eigenvalue weighted by Gasteiger charge is 2.25. The normalized spacial score (nSPS) is 14.0. The molecule has 0 saturated heterocycles. The quantitative estimate of drug-likeness (QED) is 0.795. The van der Waals surface area contributed by atoms with Gasteiger partial charge in [0.05, 0.1) is 0 Å². The third-order valence-corrected chi connectivity index (χ3v) is 4.68. The van der Waals surface area contributed by atoms with Gasteiger partial charge >= 0.3 is 0 Å². The van der Waals surface area contributed by atoms with Gasteiger partial charge in [-0.15, -0.1) is 0 Å². The van der Waals surface area contributed by atoms with Crippen LogP contribution in [-0.2, 0) is 12.8 Å². The van der Waals surface area contributed by atoms with Crippen molar-refractivity contribution in [3.63, 3.8) is 0 Å². The summed E-state index contributed by atoms with van der Waals surface area (Å²) in [5.41, 5.74) is 10.5. The summed E-state index contributed by atoms with van der Waals surface area (Å²) in [4.78, 5) is 3.21. The lowest BCUT2D eigenvalue weighted by Gasteiger charge is -2.14. The minimum Gasteiger partial charge on any atom is -0.286 e. The number of halogens is 2. The Labute approximate surface area is 139 Å². The summed E-state index contributed by atoms with van der Waals surface area (Å²) >= 11 is 12.4. The highest BCUT2D eigenvalue weighted by Crippen LogP contribution is 2.38. The van der Waals surface area contributed by atoms with Gasteiger partial charge in [-0.25, -0.2) is 4.98 Å². The SMILES string of the molecule is N#Cc1c(N)[nH+]c2c(c1-c1ccc(Cl)cc1Cl)CCCCC2. The molecular formula is C17H16Cl2N3+. The second-order valence-corrected chi connectivity index (χ2v) is 6.39. The second-order valence-electron chi connectivity index (χ2n) is 5.54. The van der Waals surface area contributed by atoms with Crippen LogP contribution in [0.1, 0.15) is 36.1 Å². The zero-order valence-corrected chi connectivity index (χ0v) is 13.6. The number of nitrogens with one attached hydrogen (secondary N) is 1. The Morgan fingerprint density at radius 3 is 2.64 bits per heavy atom. The monoisotopic (exact) mass is 332 g/mol. The number of aryl methyl sites for hydroxylation is 1. The number of fused-ring (bicyclic) bond motifs is 1. The molecule has 0 radical (unpaired) electrons. The van der Waals surface area contributed by atoms with Gasteiger partial charge < -0.3 is 0 Å². The van der Waals surface area contributed by atoms with E-state index in [1.165, 1.54) is 6.42 Å². The van der Waals surface area contributed by atoms with Crippen LogP contribution in [0, 0.1) is 11.3 Å². The van der Waals surface area contributed by atoms with Gasteiger partial charge in [0.25, 0.3) is 5.82 Å². The Bertz CT molecular complexity index is 778. The van der Waals surface area contributed by atoms with Gasteiger partial charge in [-0.3, -0.25) is 5.73 Å². The van der Waals surface area contributed by atoms with Crippen molar-refractivity contribution < 1.29 is 4.98 Å². The van der Waals surface area contributed by atoms with Gasteiger partial charge in [-0.2, -0.15) is 5.26 Å². The summed E-state index contributed by atoms with van der Waals surface area (Å²) in [5, 5.41) is 10.7. The van der Waals surface area contributed by atoms with Crippen LogP contribution >= 0.6 is 23.2 Å². The van der Waals surface area contributed by atoms with E-state index in [9.17, 15) is 5.26 Å². The van der Waals surface area contributed by atoms with E-state index in [1.807, 2.05) is 6.07 Å². The number of nitrogens with two attached hydrogens (primary N) is 1. The van der Waals surface area contributed by atoms with Gasteiger partial charge in [0.15, 0.2) is 0 Å². The average molecular weight is 333 g/mol. The number of hydrogen-bond acceptors (Lipinski definition) is 2. The lowest BCUT2D eigenvalue weighted by molar-refractivity contribution is -0.373. The minimum absolute atomic E-state index is 0.407. The van der Waals surface area contributed by atoms with Crippen LogP contribution in [-0.4, -0.2) is 0 Å². The smallest absolute Gasteiger partial charge is 0.286 e. The number of benzene rings is 1. The number of aromatic amines is 1. The minimum atomic E-state index is 0.407. The maximum absolute atomic E-state index is 9.56. The summed E-state index contributed by atoms with van der Waals surface area (Å²) < 4.78 is 0. The van der Waals surface area contributed by atoms with E-state index in [2.05, 4.69) is 11.1 Å². The molecule has 0 amide bonds. The van der Waals surface area contributed by atoms with Crippen molar-refractivity contribution in [1.29, 1.82) is 5.26 Å². The number of aromatic nitrogens is 1. The number of nitriles is 1. The Balaban J connectivity index is 2.33. The van der Waals surface area contributed by atoms with Gasteiger partial charge in [-0.05, 0) is 31.4 Å². The zero-order valence-electron chi connectivity index (χ0n) is 12.0. The molecule has 0 aliphatic heterocycles. The number of hydrogen-bond donors (Lipinski definition) is 1. The molecule has 3 N–H and O–H groups in total. The van der Waals surface area contributed by atoms with E-state index in [1.54, 1.807) is 12.1 Å². The number of pyridine rings is 1. The lowest BCUT2D eigenvalue weighted by atomic mass is 9.92. The van der Waals surface area contributed by atoms with Crippen molar-refractivity contribution in [2.45, 2.75) is 32.1 Å². The number of rotatable bonds is 1. The van der Waals surface area contributed by atoms with Crippen molar-refractivity contribution in [1.82, 2.24) is 0 Å². The molecule has 5 heteroatoms. The molecule has 1 aromatic heterocycles. The maximum atomic E-state index is 9.56. The van der Waals surface area contributed by atoms with E-state index in [-0.39, 0.29) is 0 Å². The first-order chi connectivity index (χ1) is 10.6. The lowest BCUT2D eigenvalue weighted by Crippen LogP contribution is -2.22. The maximum Gasteiger partial charge on any atom is 0.289 e. The number of nitrogen functional groups attached to an aromatic ring is 1. The summed E-state index contributed by atoms with van der Waals surface area (Å²) in [6, 6.07) is 7.59. The molecule has 3 rings (SSSR count). The Hall–Kier alpha value is -1.76. The van der Waals surface area contributed by atoms with E-state index < -0.39 is 0 Å². The molecule has 3 nitrogen and oxygen atoms in total. The fourth-order valence-electron chi connectivity index (χ4n) is 3.11. The Kier molecular flexibility index (Phi) is 4.24. The van der Waals surface area contributed by atoms with Crippen molar-refractivity contribution in [3.8, 4) is 17.2 Å². The summed E-state index contributed by atoms with van der Waals surface area (Å²) in [6.45, 7) is 0. The molecule has 1 aromatic carbocycles. The second kappa shape index (κ2) is 6.16. The van der Waals surface area contributed by atoms with Gasteiger partial charge in [0.2, 0.25) is 0 Å². The third-order valence-electron chi connectivity index (χ3n) is 4.14. The highest BCUT2D eigenvalue weighted by molar-refractivity contribution is 6.36. The Morgan fingerprint density at radius 2 is 1.91 bits per heavy atom. The molecule has 0 saturated carbocycles. The number of nitrogens with zero attached hydrogens (tertiary/aromatic N) is 1. The van der Waals surface area contributed by atoms with E-state index in [4.69, 9.17) is 28.9 Å². The topological polar surface area (TPSA) is 64.0 Å². The van der Waals surface area contributed by atoms with E-state index in [0.29, 0.717) is 21.4 Å². The number of H-pyrrole nitrogens is 1. The van der Waals surface area contributed by atoms with Crippen LogP contribution in [0.2, 0.25) is 10.0 Å². The summed E-state index contributed by atoms with van der Waals surface area (Å²) in [6.07, 6.45) is 5.28. The fourth-order valence-corrected chi connectivity index (χ4v) is 3.62. The Morgan fingerprint density at radius 1 is 1.14 bits per heavy atom. The average Bonchev–Trinajstić information content (AvgIpc) is 2.71. The summed E-state index contributed by atoms with van der Waals surface area (Å²) in [7, 11) is 0. The molecule has 0 bridgehead atoms. The van der Waals surface area contributed by atoms with E-state index >= 15 is 0 Å². The zero-order chi connectivity index (χ0) is 15.7. The number of anilines is 1. The molecular weight excluding hydrogens is 317 g/mol. The molecule has 0 spiro atoms. The van der Waals surface area contributed by atoms with Crippen molar-refractivity contribution in [2.24, 2.45) is 0 Å². The molecule has 1 aliphatic rings. The molecule has 0 atom stereocenters. The van der Waals surface area contributed by atoms with Gasteiger partial charge in [0.1, 0.15) is 17.3 Å². The molecule has 22 heavy (non-hydrogen) atoms. The molecule has 0 fully saturated rings. The van der Waals surface area contributed by atoms with Crippen LogP contribution in [0.15, 0.2) is 18.2 Å². The van der Waals surface area contributed by atoms with Crippen LogP contribution < -0.4 is 10.7 Å². The largest absolute Gasteiger partial charge is 0.289 e. The first kappa shape index (κ1) is 15.1. The van der Waals surface area contributed by atoms with Crippen molar-refractivity contribution in [3.05, 3.63) is 45.1 Å². The van der Waals surface area contributed by atoms with Gasteiger partial charge in [-0.1, -0.05) is 35.7 Å². The third kappa shape index (κ3) is 2.65. The molecule has 0 unspecified atom stereocenters. The molecule has 1 aliphatic carbocycles. The van der Waals surface area contributed by atoms with Crippen LogP contribution in [0.5, 0.6) is 0 Å². The molecule has 2 aromatic rings. The predicted octanol–water partition coefficient (Wildman–Crippen LogP) is 4.20. The van der Waals surface area contributed by atoms with E-state index in [0.717, 1.165) is 48.1 Å². The molecule has 1 heterocycles. The van der Waals surface area contributed by atoms with Crippen LogP contribution in [0.3, 0.4) is 0 Å². The van der Waals surface area contributed by atoms with Crippen LogP contribution in [0.4, 0.5) is 5.82 Å². The fraction of sp³-hybridized carbons (Fsp3) is 0.294. The van der Waals surface area contributed by atoms with Crippen molar-refractivity contribution in [2.75, 3.05) is 5.73 Å². The van der Waals surface area contributed by atoms with Crippen LogP contribution in [0.25, 0.3) is 11.1 Å². The highest BCUT2D eigenvalue weighted by atomic mass is 35.5. The standard InChI is InChI=1S/C17H15Cl2N3/c18-10-6-7-11(14(19)8-10)16-12-4-2-1-3-5-15(12)22-17(21)13(16)9-20/h6-8H,1-5H2,(H2,21,22)/p+1. The first-order valence-electron chi connectivity index (χ1n) is 7.34. The summed E-state index contributed by atoms with van der Waals surface area (Å²) in [5.74, 6) is 0.407.